The molecular formula is C14H31N3. The van der Waals surface area contributed by atoms with E-state index in [1.165, 1.54) is 45.4 Å². The molecule has 0 aromatic rings. The number of nitrogens with zero attached hydrogens (tertiary/aromatic N) is 2. The van der Waals surface area contributed by atoms with Gasteiger partial charge >= 0.3 is 0 Å². The summed E-state index contributed by atoms with van der Waals surface area (Å²) in [4.78, 5) is 4.97. The van der Waals surface area contributed by atoms with Gasteiger partial charge in [-0.2, -0.15) is 0 Å². The second-order valence-electron chi connectivity index (χ2n) is 5.72. The Hall–Kier alpha value is -0.120. The molecule has 0 amide bonds. The first-order chi connectivity index (χ1) is 8.15. The summed E-state index contributed by atoms with van der Waals surface area (Å²) in [6, 6.07) is 0.745. The van der Waals surface area contributed by atoms with Crippen molar-refractivity contribution in [2.45, 2.75) is 39.2 Å². The molecule has 0 aromatic heterocycles. The van der Waals surface area contributed by atoms with Crippen molar-refractivity contribution in [3.63, 3.8) is 0 Å². The second-order valence-corrected chi connectivity index (χ2v) is 5.72. The van der Waals surface area contributed by atoms with Crippen molar-refractivity contribution < 1.29 is 0 Å². The largest absolute Gasteiger partial charge is 0.315 e. The van der Waals surface area contributed by atoms with Gasteiger partial charge in [-0.25, -0.2) is 0 Å². The van der Waals surface area contributed by atoms with Gasteiger partial charge in [0.25, 0.3) is 0 Å². The van der Waals surface area contributed by atoms with Crippen molar-refractivity contribution in [2.24, 2.45) is 5.92 Å². The zero-order valence-electron chi connectivity index (χ0n) is 12.2. The SMILES string of the molecule is CCCCCNCCN1CC(C)C(N(C)C)C1. The maximum absolute atomic E-state index is 3.55. The third kappa shape index (κ3) is 5.36. The van der Waals surface area contributed by atoms with E-state index in [1.54, 1.807) is 0 Å². The van der Waals surface area contributed by atoms with E-state index in [0.29, 0.717) is 0 Å². The number of rotatable bonds is 8. The Labute approximate surface area is 108 Å². The molecule has 17 heavy (non-hydrogen) atoms. The van der Waals surface area contributed by atoms with Crippen LogP contribution in [-0.4, -0.2) is 62.7 Å². The molecular weight excluding hydrogens is 210 g/mol. The van der Waals surface area contributed by atoms with Gasteiger partial charge in [-0.15, -0.1) is 0 Å². The van der Waals surface area contributed by atoms with Crippen LogP contribution in [0.15, 0.2) is 0 Å². The summed E-state index contributed by atoms with van der Waals surface area (Å²) in [5, 5.41) is 3.55. The van der Waals surface area contributed by atoms with E-state index in [4.69, 9.17) is 0 Å². The van der Waals surface area contributed by atoms with Crippen LogP contribution in [0.4, 0.5) is 0 Å². The molecule has 1 rings (SSSR count). The first kappa shape index (κ1) is 14.9. The Bertz CT molecular complexity index is 194. The molecule has 0 radical (unpaired) electrons. The minimum atomic E-state index is 0.745. The maximum atomic E-state index is 3.55. The lowest BCUT2D eigenvalue weighted by molar-refractivity contribution is 0.252. The fourth-order valence-corrected chi connectivity index (χ4v) is 2.76. The summed E-state index contributed by atoms with van der Waals surface area (Å²) in [6.45, 7) is 10.7. The van der Waals surface area contributed by atoms with Gasteiger partial charge in [-0.05, 0) is 33.0 Å². The molecule has 1 saturated heterocycles. The first-order valence-corrected chi connectivity index (χ1v) is 7.24. The van der Waals surface area contributed by atoms with Crippen LogP contribution in [0.25, 0.3) is 0 Å². The highest BCUT2D eigenvalue weighted by atomic mass is 15.2. The standard InChI is InChI=1S/C14H31N3/c1-5-6-7-8-15-9-10-17-11-13(2)14(12-17)16(3)4/h13-15H,5-12H2,1-4H3. The second kappa shape index (κ2) is 8.06. The highest BCUT2D eigenvalue weighted by molar-refractivity contribution is 4.86. The summed E-state index contributed by atoms with van der Waals surface area (Å²) in [5.41, 5.74) is 0. The van der Waals surface area contributed by atoms with Crippen molar-refractivity contribution in [3.05, 3.63) is 0 Å². The Morgan fingerprint density at radius 3 is 2.53 bits per heavy atom. The number of unbranched alkanes of at least 4 members (excludes halogenated alkanes) is 2. The molecule has 0 aliphatic carbocycles. The van der Waals surface area contributed by atoms with Gasteiger partial charge in [0.05, 0.1) is 0 Å². The molecule has 3 nitrogen and oxygen atoms in total. The van der Waals surface area contributed by atoms with Crippen LogP contribution in [0.5, 0.6) is 0 Å². The van der Waals surface area contributed by atoms with Crippen LogP contribution in [0.3, 0.4) is 0 Å². The monoisotopic (exact) mass is 241 g/mol. The lowest BCUT2D eigenvalue weighted by Gasteiger charge is -2.22. The van der Waals surface area contributed by atoms with Crippen molar-refractivity contribution in [3.8, 4) is 0 Å². The highest BCUT2D eigenvalue weighted by Gasteiger charge is 2.30. The molecule has 102 valence electrons. The lowest BCUT2D eigenvalue weighted by Crippen LogP contribution is -2.36. The molecule has 1 N–H and O–H groups in total. The van der Waals surface area contributed by atoms with Crippen LogP contribution in [0.1, 0.15) is 33.1 Å². The molecule has 1 fully saturated rings. The molecule has 0 saturated carbocycles. The van der Waals surface area contributed by atoms with Crippen LogP contribution < -0.4 is 5.32 Å². The van der Waals surface area contributed by atoms with Crippen LogP contribution >= 0.6 is 0 Å². The number of likely N-dealkylation sites (tertiary alicyclic amines) is 1. The number of likely N-dealkylation sites (N-methyl/N-ethyl adjacent to an activating group) is 1. The zero-order valence-corrected chi connectivity index (χ0v) is 12.2. The summed E-state index contributed by atoms with van der Waals surface area (Å²) in [7, 11) is 4.40. The average molecular weight is 241 g/mol. The minimum absolute atomic E-state index is 0.745. The van der Waals surface area contributed by atoms with Crippen molar-refractivity contribution in [1.29, 1.82) is 0 Å². The topological polar surface area (TPSA) is 18.5 Å². The highest BCUT2D eigenvalue weighted by Crippen LogP contribution is 2.19. The molecule has 0 spiro atoms. The van der Waals surface area contributed by atoms with E-state index in [1.807, 2.05) is 0 Å². The molecule has 2 atom stereocenters. The molecule has 0 aromatic carbocycles. The van der Waals surface area contributed by atoms with Gasteiger partial charge in [0.2, 0.25) is 0 Å². The predicted octanol–water partition coefficient (Wildman–Crippen LogP) is 1.65. The summed E-state index contributed by atoms with van der Waals surface area (Å²) < 4.78 is 0. The van der Waals surface area contributed by atoms with Gasteiger partial charge in [0, 0.05) is 32.2 Å². The van der Waals surface area contributed by atoms with Crippen LogP contribution in [0.2, 0.25) is 0 Å². The summed E-state index contributed by atoms with van der Waals surface area (Å²) in [5.74, 6) is 0.810. The molecule has 3 heteroatoms. The molecule has 2 unspecified atom stereocenters. The van der Waals surface area contributed by atoms with Crippen molar-refractivity contribution in [2.75, 3.05) is 46.8 Å². The first-order valence-electron chi connectivity index (χ1n) is 7.24. The van der Waals surface area contributed by atoms with Gasteiger partial charge in [0.15, 0.2) is 0 Å². The fraction of sp³-hybridized carbons (Fsp3) is 1.00. The van der Waals surface area contributed by atoms with E-state index >= 15 is 0 Å². The van der Waals surface area contributed by atoms with E-state index in [2.05, 4.69) is 43.1 Å². The van der Waals surface area contributed by atoms with Crippen LogP contribution in [0, 0.1) is 5.92 Å². The average Bonchev–Trinajstić information content (AvgIpc) is 2.65. The fourth-order valence-electron chi connectivity index (χ4n) is 2.76. The van der Waals surface area contributed by atoms with E-state index in [-0.39, 0.29) is 0 Å². The molecule has 1 heterocycles. The third-order valence-corrected chi connectivity index (χ3v) is 3.87. The van der Waals surface area contributed by atoms with Gasteiger partial charge in [-0.3, -0.25) is 0 Å². The van der Waals surface area contributed by atoms with Gasteiger partial charge < -0.3 is 15.1 Å². The van der Waals surface area contributed by atoms with E-state index < -0.39 is 0 Å². The lowest BCUT2D eigenvalue weighted by atomic mass is 10.1. The van der Waals surface area contributed by atoms with Gasteiger partial charge in [-0.1, -0.05) is 26.7 Å². The Morgan fingerprint density at radius 2 is 1.94 bits per heavy atom. The summed E-state index contributed by atoms with van der Waals surface area (Å²) in [6.07, 6.45) is 4.00. The Balaban J connectivity index is 2.05. The minimum Gasteiger partial charge on any atom is -0.315 e. The number of hydrogen-bond acceptors (Lipinski definition) is 3. The molecule has 1 aliphatic rings. The van der Waals surface area contributed by atoms with Crippen LogP contribution in [-0.2, 0) is 0 Å². The maximum Gasteiger partial charge on any atom is 0.0254 e. The quantitative estimate of drug-likeness (QED) is 0.652. The zero-order chi connectivity index (χ0) is 12.7. The van der Waals surface area contributed by atoms with Crippen molar-refractivity contribution >= 4 is 0 Å². The molecule has 1 aliphatic heterocycles. The molecule has 0 bridgehead atoms. The normalized spacial score (nSPS) is 25.9. The Morgan fingerprint density at radius 1 is 1.18 bits per heavy atom. The predicted molar refractivity (Wildman–Crippen MR) is 75.5 cm³/mol. The van der Waals surface area contributed by atoms with Gasteiger partial charge in [0.1, 0.15) is 0 Å². The summed E-state index contributed by atoms with van der Waals surface area (Å²) >= 11 is 0. The van der Waals surface area contributed by atoms with Crippen molar-refractivity contribution in [1.82, 2.24) is 15.1 Å². The smallest absolute Gasteiger partial charge is 0.0254 e. The Kier molecular flexibility index (Phi) is 7.09. The van der Waals surface area contributed by atoms with E-state index in [0.717, 1.165) is 18.5 Å². The third-order valence-electron chi connectivity index (χ3n) is 3.87. The van der Waals surface area contributed by atoms with E-state index in [9.17, 15) is 0 Å². The number of hydrogen-bond donors (Lipinski definition) is 1. The number of nitrogens with one attached hydrogen (secondary N) is 1.